The van der Waals surface area contributed by atoms with Crippen LogP contribution in [0.15, 0.2) is 14.5 Å². The standard InChI is InChI=1S/C10H16N2O5S3/c1-17-6-2-4-12-5-3-8-7-9(19(11,13)14)18-10(8)20(12,15)16/h7H,2-6H2,1H3,(H2,11,13,14). The van der Waals surface area contributed by atoms with Crippen molar-refractivity contribution in [1.29, 1.82) is 0 Å². The molecule has 1 aliphatic heterocycles. The Bertz CT molecular complexity index is 692. The molecule has 0 saturated carbocycles. The van der Waals surface area contributed by atoms with E-state index in [1.165, 1.54) is 10.4 Å². The summed E-state index contributed by atoms with van der Waals surface area (Å²) in [5.41, 5.74) is 0.530. The number of methoxy groups -OCH3 is 1. The molecule has 0 amide bonds. The fourth-order valence-electron chi connectivity index (χ4n) is 2.02. The van der Waals surface area contributed by atoms with Crippen LogP contribution in [0.4, 0.5) is 0 Å². The van der Waals surface area contributed by atoms with Crippen LogP contribution >= 0.6 is 11.3 Å². The first-order valence-electron chi connectivity index (χ1n) is 5.91. The van der Waals surface area contributed by atoms with Crippen LogP contribution in [0, 0.1) is 0 Å². The number of hydrogen-bond acceptors (Lipinski definition) is 6. The molecule has 0 fully saturated rings. The van der Waals surface area contributed by atoms with Gasteiger partial charge in [0.15, 0.2) is 0 Å². The van der Waals surface area contributed by atoms with Crippen LogP contribution in [0.1, 0.15) is 12.0 Å². The number of sulfonamides is 2. The Morgan fingerprint density at radius 2 is 2.20 bits per heavy atom. The van der Waals surface area contributed by atoms with Crippen LogP contribution in [0.3, 0.4) is 0 Å². The number of thiophene rings is 1. The highest BCUT2D eigenvalue weighted by molar-refractivity contribution is 7.94. The van der Waals surface area contributed by atoms with Crippen molar-refractivity contribution in [2.75, 3.05) is 26.8 Å². The average Bonchev–Trinajstić information content (AvgIpc) is 2.77. The molecule has 0 atom stereocenters. The highest BCUT2D eigenvalue weighted by Crippen LogP contribution is 2.35. The highest BCUT2D eigenvalue weighted by atomic mass is 32.3. The molecule has 20 heavy (non-hydrogen) atoms. The Balaban J connectivity index is 2.31. The second-order valence-electron chi connectivity index (χ2n) is 4.42. The number of rotatable bonds is 5. The van der Waals surface area contributed by atoms with Gasteiger partial charge in [-0.1, -0.05) is 0 Å². The van der Waals surface area contributed by atoms with Gasteiger partial charge in [-0.15, -0.1) is 11.3 Å². The minimum Gasteiger partial charge on any atom is -0.385 e. The van der Waals surface area contributed by atoms with E-state index in [1.807, 2.05) is 0 Å². The summed E-state index contributed by atoms with van der Waals surface area (Å²) in [4.78, 5) is 0. The highest BCUT2D eigenvalue weighted by Gasteiger charge is 2.34. The van der Waals surface area contributed by atoms with Crippen LogP contribution < -0.4 is 5.14 Å². The lowest BCUT2D eigenvalue weighted by atomic mass is 10.2. The molecule has 114 valence electrons. The summed E-state index contributed by atoms with van der Waals surface area (Å²) in [6.45, 7) is 1.18. The van der Waals surface area contributed by atoms with Gasteiger partial charge in [0.1, 0.15) is 8.42 Å². The van der Waals surface area contributed by atoms with Crippen LogP contribution in [-0.4, -0.2) is 47.9 Å². The molecule has 2 heterocycles. The molecule has 7 nitrogen and oxygen atoms in total. The summed E-state index contributed by atoms with van der Waals surface area (Å²) in [7, 11) is -5.94. The first kappa shape index (κ1) is 15.9. The third-order valence-corrected chi connectivity index (χ3v) is 8.04. The Kier molecular flexibility index (Phi) is 4.52. The molecule has 0 aromatic carbocycles. The van der Waals surface area contributed by atoms with E-state index in [2.05, 4.69) is 0 Å². The third kappa shape index (κ3) is 3.05. The van der Waals surface area contributed by atoms with E-state index in [0.717, 1.165) is 11.3 Å². The summed E-state index contributed by atoms with van der Waals surface area (Å²) in [6, 6.07) is 1.36. The molecule has 2 N–H and O–H groups in total. The van der Waals surface area contributed by atoms with Crippen LogP contribution in [-0.2, 0) is 31.2 Å². The van der Waals surface area contributed by atoms with Crippen molar-refractivity contribution in [2.24, 2.45) is 5.14 Å². The predicted octanol–water partition coefficient (Wildman–Crippen LogP) is -0.0212. The lowest BCUT2D eigenvalue weighted by molar-refractivity contribution is 0.187. The normalized spacial score (nSPS) is 18.9. The minimum absolute atomic E-state index is 0.0881. The summed E-state index contributed by atoms with van der Waals surface area (Å²) < 4.78 is 53.7. The van der Waals surface area contributed by atoms with Gasteiger partial charge in [0, 0.05) is 26.8 Å². The van der Waals surface area contributed by atoms with Crippen molar-refractivity contribution >= 4 is 31.4 Å². The van der Waals surface area contributed by atoms with E-state index in [1.54, 1.807) is 7.11 Å². The Morgan fingerprint density at radius 3 is 2.80 bits per heavy atom. The molecule has 2 rings (SSSR count). The zero-order valence-corrected chi connectivity index (χ0v) is 13.4. The second-order valence-corrected chi connectivity index (χ2v) is 9.40. The molecule has 0 saturated heterocycles. The van der Waals surface area contributed by atoms with Crippen molar-refractivity contribution < 1.29 is 21.6 Å². The minimum atomic E-state index is -3.87. The summed E-state index contributed by atoms with van der Waals surface area (Å²) in [6.07, 6.45) is 1.09. The van der Waals surface area contributed by atoms with Crippen molar-refractivity contribution in [2.45, 2.75) is 21.3 Å². The predicted molar refractivity (Wildman–Crippen MR) is 74.6 cm³/mol. The first-order valence-corrected chi connectivity index (χ1v) is 9.71. The van der Waals surface area contributed by atoms with E-state index < -0.39 is 20.0 Å². The molecule has 0 unspecified atom stereocenters. The van der Waals surface area contributed by atoms with Crippen molar-refractivity contribution in [3.05, 3.63) is 11.6 Å². The molecule has 1 aliphatic rings. The lowest BCUT2D eigenvalue weighted by Crippen LogP contribution is -2.37. The van der Waals surface area contributed by atoms with Crippen molar-refractivity contribution in [3.63, 3.8) is 0 Å². The zero-order valence-electron chi connectivity index (χ0n) is 10.9. The number of ether oxygens (including phenoxy) is 1. The van der Waals surface area contributed by atoms with E-state index >= 15 is 0 Å². The van der Waals surface area contributed by atoms with E-state index in [4.69, 9.17) is 9.88 Å². The van der Waals surface area contributed by atoms with Crippen LogP contribution in [0.25, 0.3) is 0 Å². The first-order chi connectivity index (χ1) is 9.26. The summed E-state index contributed by atoms with van der Waals surface area (Å²) in [5.74, 6) is 0. The van der Waals surface area contributed by atoms with E-state index in [9.17, 15) is 16.8 Å². The molecule has 0 bridgehead atoms. The van der Waals surface area contributed by atoms with Gasteiger partial charge in [0.2, 0.25) is 10.0 Å². The van der Waals surface area contributed by atoms with Gasteiger partial charge in [-0.3, -0.25) is 0 Å². The summed E-state index contributed by atoms with van der Waals surface area (Å²) >= 11 is 0.718. The molecule has 0 aliphatic carbocycles. The monoisotopic (exact) mass is 340 g/mol. The maximum atomic E-state index is 12.4. The quantitative estimate of drug-likeness (QED) is 0.758. The lowest BCUT2D eigenvalue weighted by Gasteiger charge is -2.25. The largest absolute Gasteiger partial charge is 0.385 e. The molecule has 0 spiro atoms. The molecule has 1 aromatic heterocycles. The number of nitrogens with two attached hydrogens (primary N) is 1. The molecule has 1 aromatic rings. The van der Waals surface area contributed by atoms with Crippen LogP contribution in [0.5, 0.6) is 0 Å². The zero-order chi connectivity index (χ0) is 15.0. The number of fused-ring (bicyclic) bond motifs is 1. The Labute approximate surface area is 122 Å². The van der Waals surface area contributed by atoms with Gasteiger partial charge in [0.25, 0.3) is 10.0 Å². The number of nitrogens with zero attached hydrogens (tertiary/aromatic N) is 1. The van der Waals surface area contributed by atoms with Gasteiger partial charge >= 0.3 is 0 Å². The van der Waals surface area contributed by atoms with E-state index in [-0.39, 0.29) is 8.42 Å². The SMILES string of the molecule is COCCCN1CCc2cc(S(N)(=O)=O)sc2S1(=O)=O. The van der Waals surface area contributed by atoms with Gasteiger partial charge in [0.05, 0.1) is 0 Å². The molecular weight excluding hydrogens is 324 g/mol. The number of hydrogen-bond donors (Lipinski definition) is 1. The van der Waals surface area contributed by atoms with Crippen molar-refractivity contribution in [3.8, 4) is 0 Å². The van der Waals surface area contributed by atoms with E-state index in [0.29, 0.717) is 38.1 Å². The molecule has 0 radical (unpaired) electrons. The summed E-state index contributed by atoms with van der Waals surface area (Å²) in [5, 5.41) is 5.05. The Morgan fingerprint density at radius 1 is 1.50 bits per heavy atom. The van der Waals surface area contributed by atoms with Crippen LogP contribution in [0.2, 0.25) is 0 Å². The van der Waals surface area contributed by atoms with Gasteiger partial charge in [-0.25, -0.2) is 22.0 Å². The van der Waals surface area contributed by atoms with Crippen molar-refractivity contribution in [1.82, 2.24) is 4.31 Å². The smallest absolute Gasteiger partial charge is 0.252 e. The fraction of sp³-hybridized carbons (Fsp3) is 0.600. The number of primary sulfonamides is 1. The second kappa shape index (κ2) is 5.70. The fourth-order valence-corrected chi connectivity index (χ4v) is 6.31. The molecular formula is C10H16N2O5S3. The average molecular weight is 340 g/mol. The van der Waals surface area contributed by atoms with Gasteiger partial charge in [-0.05, 0) is 24.5 Å². The Hall–Kier alpha value is -0.520. The molecule has 10 heteroatoms. The van der Waals surface area contributed by atoms with Gasteiger partial charge in [-0.2, -0.15) is 4.31 Å². The third-order valence-electron chi connectivity index (χ3n) is 2.99. The maximum Gasteiger partial charge on any atom is 0.252 e. The maximum absolute atomic E-state index is 12.4. The van der Waals surface area contributed by atoms with Gasteiger partial charge < -0.3 is 4.74 Å². The topological polar surface area (TPSA) is 107 Å².